The average molecular weight is 416 g/mol. The van der Waals surface area contributed by atoms with Crippen molar-refractivity contribution in [2.75, 3.05) is 26.6 Å². The van der Waals surface area contributed by atoms with Crippen LogP contribution in [0.2, 0.25) is 0 Å². The van der Waals surface area contributed by atoms with Gasteiger partial charge in [0.15, 0.2) is 5.78 Å². The number of rotatable bonds is 6. The van der Waals surface area contributed by atoms with Gasteiger partial charge in [0.25, 0.3) is 0 Å². The highest BCUT2D eigenvalue weighted by Gasteiger charge is 2.43. The minimum absolute atomic E-state index is 0.0948. The van der Waals surface area contributed by atoms with Crippen molar-refractivity contribution in [3.63, 3.8) is 0 Å². The smallest absolute Gasteiger partial charge is 0.336 e. The van der Waals surface area contributed by atoms with E-state index >= 15 is 0 Å². The number of carbonyl (C=O) groups is 2. The zero-order chi connectivity index (χ0) is 21.2. The lowest BCUT2D eigenvalue weighted by molar-refractivity contribution is -0.140. The predicted molar refractivity (Wildman–Crippen MR) is 115 cm³/mol. The summed E-state index contributed by atoms with van der Waals surface area (Å²) in [6.07, 6.45) is 3.27. The summed E-state index contributed by atoms with van der Waals surface area (Å²) in [5.74, 6) is -0.728. The standard InChI is InChI=1S/C23H29NO4S/c1-14-19(22(26)28-11-10-27-4)20(15-6-8-16(29-5)9-7-15)21-17(24-14)12-23(2,3)13-18(21)25/h6-9,20,24H,10-13H2,1-5H3/t20-/m1/s1. The van der Waals surface area contributed by atoms with E-state index in [1.54, 1.807) is 18.9 Å². The summed E-state index contributed by atoms with van der Waals surface area (Å²) >= 11 is 1.66. The molecule has 0 radical (unpaired) electrons. The molecule has 0 spiro atoms. The van der Waals surface area contributed by atoms with Gasteiger partial charge < -0.3 is 14.8 Å². The van der Waals surface area contributed by atoms with Crippen LogP contribution >= 0.6 is 11.8 Å². The minimum Gasteiger partial charge on any atom is -0.460 e. The molecule has 2 aliphatic rings. The van der Waals surface area contributed by atoms with Gasteiger partial charge in [-0.05, 0) is 42.7 Å². The largest absolute Gasteiger partial charge is 0.460 e. The Kier molecular flexibility index (Phi) is 6.54. The van der Waals surface area contributed by atoms with Gasteiger partial charge in [-0.15, -0.1) is 11.8 Å². The second-order valence-electron chi connectivity index (χ2n) is 8.33. The van der Waals surface area contributed by atoms with Crippen molar-refractivity contribution in [3.8, 4) is 0 Å². The quantitative estimate of drug-likeness (QED) is 0.427. The lowest BCUT2D eigenvalue weighted by atomic mass is 9.68. The Morgan fingerprint density at radius 2 is 1.90 bits per heavy atom. The minimum atomic E-state index is -0.416. The normalized spacial score (nSPS) is 21.0. The summed E-state index contributed by atoms with van der Waals surface area (Å²) in [5.41, 5.74) is 3.71. The molecular weight excluding hydrogens is 386 g/mol. The topological polar surface area (TPSA) is 64.6 Å². The van der Waals surface area contributed by atoms with E-state index < -0.39 is 11.9 Å². The van der Waals surface area contributed by atoms with E-state index in [0.717, 1.165) is 28.3 Å². The molecule has 1 aliphatic carbocycles. The van der Waals surface area contributed by atoms with Gasteiger partial charge in [-0.1, -0.05) is 26.0 Å². The molecule has 1 aromatic carbocycles. The zero-order valence-electron chi connectivity index (χ0n) is 17.8. The monoisotopic (exact) mass is 415 g/mol. The average Bonchev–Trinajstić information content (AvgIpc) is 2.66. The number of hydrogen-bond donors (Lipinski definition) is 1. The molecule has 1 aromatic rings. The number of ether oxygens (including phenoxy) is 2. The highest BCUT2D eigenvalue weighted by molar-refractivity contribution is 7.98. The fourth-order valence-corrected chi connectivity index (χ4v) is 4.54. The SMILES string of the molecule is COCCOC(=O)C1=C(C)NC2=C(C(=O)CC(C)(C)C2)[C@@H]1c1ccc(SC)cc1. The van der Waals surface area contributed by atoms with Crippen LogP contribution in [0, 0.1) is 5.41 Å². The number of esters is 1. The third-order valence-electron chi connectivity index (χ3n) is 5.43. The molecule has 0 unspecified atom stereocenters. The van der Waals surface area contributed by atoms with Crippen LogP contribution in [0.5, 0.6) is 0 Å². The number of Topliss-reactive ketones (excluding diaryl/α,β-unsaturated/α-hetero) is 1. The molecule has 0 saturated heterocycles. The molecule has 1 aliphatic heterocycles. The number of ketones is 1. The van der Waals surface area contributed by atoms with E-state index in [4.69, 9.17) is 9.47 Å². The molecule has 3 rings (SSSR count). The van der Waals surface area contributed by atoms with Gasteiger partial charge in [0, 0.05) is 41.3 Å². The van der Waals surface area contributed by atoms with E-state index in [1.807, 2.05) is 37.4 Å². The summed E-state index contributed by atoms with van der Waals surface area (Å²) in [5, 5.41) is 3.35. The van der Waals surface area contributed by atoms with Gasteiger partial charge in [-0.2, -0.15) is 0 Å². The van der Waals surface area contributed by atoms with E-state index in [0.29, 0.717) is 24.2 Å². The summed E-state index contributed by atoms with van der Waals surface area (Å²) < 4.78 is 10.4. The van der Waals surface area contributed by atoms with Crippen molar-refractivity contribution in [1.82, 2.24) is 5.32 Å². The van der Waals surface area contributed by atoms with Gasteiger partial charge in [0.1, 0.15) is 6.61 Å². The maximum Gasteiger partial charge on any atom is 0.336 e. The first-order chi connectivity index (χ1) is 13.8. The van der Waals surface area contributed by atoms with Crippen molar-refractivity contribution < 1.29 is 19.1 Å². The molecular formula is C23H29NO4S. The summed E-state index contributed by atoms with van der Waals surface area (Å²) in [6.45, 7) is 6.60. The Balaban J connectivity index is 2.07. The van der Waals surface area contributed by atoms with Crippen LogP contribution in [0.25, 0.3) is 0 Å². The van der Waals surface area contributed by atoms with E-state index in [-0.39, 0.29) is 17.8 Å². The molecule has 6 heteroatoms. The maximum absolute atomic E-state index is 13.2. The molecule has 0 bridgehead atoms. The van der Waals surface area contributed by atoms with Crippen molar-refractivity contribution in [2.45, 2.75) is 44.4 Å². The summed E-state index contributed by atoms with van der Waals surface area (Å²) in [4.78, 5) is 27.3. The van der Waals surface area contributed by atoms with Crippen LogP contribution in [0.15, 0.2) is 51.7 Å². The fourth-order valence-electron chi connectivity index (χ4n) is 4.13. The highest BCUT2D eigenvalue weighted by atomic mass is 32.2. The fraction of sp³-hybridized carbons (Fsp3) is 0.478. The Bertz CT molecular complexity index is 867. The van der Waals surface area contributed by atoms with E-state index in [1.165, 1.54) is 0 Å². The number of allylic oxidation sites excluding steroid dienone is 3. The number of benzene rings is 1. The number of methoxy groups -OCH3 is 1. The molecule has 1 atom stereocenters. The second-order valence-corrected chi connectivity index (χ2v) is 9.21. The number of dihydropyridines is 1. The maximum atomic E-state index is 13.2. The Labute approximate surface area is 176 Å². The third kappa shape index (κ3) is 4.59. The number of nitrogens with one attached hydrogen (secondary N) is 1. The van der Waals surface area contributed by atoms with Gasteiger partial charge in [0.05, 0.1) is 12.2 Å². The van der Waals surface area contributed by atoms with Crippen LogP contribution in [0.3, 0.4) is 0 Å². The molecule has 1 N–H and O–H groups in total. The van der Waals surface area contributed by atoms with Crippen LogP contribution in [0.1, 0.15) is 45.1 Å². The third-order valence-corrected chi connectivity index (χ3v) is 6.17. The molecule has 1 heterocycles. The van der Waals surface area contributed by atoms with E-state index in [2.05, 4.69) is 19.2 Å². The number of hydrogen-bond acceptors (Lipinski definition) is 6. The first-order valence-electron chi connectivity index (χ1n) is 9.81. The Hall–Kier alpha value is -2.05. The first kappa shape index (κ1) is 21.7. The van der Waals surface area contributed by atoms with Gasteiger partial charge >= 0.3 is 5.97 Å². The molecule has 0 saturated carbocycles. The van der Waals surface area contributed by atoms with Crippen molar-refractivity contribution in [2.24, 2.45) is 5.41 Å². The Morgan fingerprint density at radius 3 is 2.52 bits per heavy atom. The van der Waals surface area contributed by atoms with Crippen LogP contribution in [-0.2, 0) is 19.1 Å². The molecule has 156 valence electrons. The zero-order valence-corrected chi connectivity index (χ0v) is 18.6. The second kappa shape index (κ2) is 8.76. The number of thioether (sulfide) groups is 1. The molecule has 0 amide bonds. The van der Waals surface area contributed by atoms with Crippen LogP contribution < -0.4 is 5.32 Å². The molecule has 29 heavy (non-hydrogen) atoms. The summed E-state index contributed by atoms with van der Waals surface area (Å²) in [6, 6.07) is 8.08. The van der Waals surface area contributed by atoms with Crippen molar-refractivity contribution >= 4 is 23.5 Å². The van der Waals surface area contributed by atoms with E-state index in [9.17, 15) is 9.59 Å². The van der Waals surface area contributed by atoms with Crippen LogP contribution in [-0.4, -0.2) is 38.3 Å². The predicted octanol–water partition coefficient (Wildman–Crippen LogP) is 4.20. The molecule has 0 fully saturated rings. The van der Waals surface area contributed by atoms with Crippen LogP contribution in [0.4, 0.5) is 0 Å². The number of carbonyl (C=O) groups excluding carboxylic acids is 2. The van der Waals surface area contributed by atoms with Crippen molar-refractivity contribution in [1.29, 1.82) is 0 Å². The van der Waals surface area contributed by atoms with Crippen molar-refractivity contribution in [3.05, 3.63) is 52.4 Å². The molecule has 0 aromatic heterocycles. The van der Waals surface area contributed by atoms with Gasteiger partial charge in [0.2, 0.25) is 0 Å². The lowest BCUT2D eigenvalue weighted by Gasteiger charge is -2.39. The highest BCUT2D eigenvalue weighted by Crippen LogP contribution is 2.46. The lowest BCUT2D eigenvalue weighted by Crippen LogP contribution is -2.38. The van der Waals surface area contributed by atoms with Gasteiger partial charge in [-0.3, -0.25) is 4.79 Å². The molecule has 5 nitrogen and oxygen atoms in total. The van der Waals surface area contributed by atoms with Gasteiger partial charge in [-0.25, -0.2) is 4.79 Å². The summed E-state index contributed by atoms with van der Waals surface area (Å²) in [7, 11) is 1.57. The Morgan fingerprint density at radius 1 is 1.21 bits per heavy atom. The first-order valence-corrected chi connectivity index (χ1v) is 11.0.